The summed E-state index contributed by atoms with van der Waals surface area (Å²) in [5, 5.41) is 9.53. The van der Waals surface area contributed by atoms with Gasteiger partial charge in [-0.1, -0.05) is 42.5 Å². The lowest BCUT2D eigenvalue weighted by Crippen LogP contribution is -2.25. The average molecular weight is 527 g/mol. The molecule has 11 heteroatoms. The van der Waals surface area contributed by atoms with Gasteiger partial charge in [0.2, 0.25) is 0 Å². The fourth-order valence-electron chi connectivity index (χ4n) is 3.98. The molecular formula is C27H25F3N4O4. The van der Waals surface area contributed by atoms with Gasteiger partial charge in [-0.15, -0.1) is 0 Å². The number of nitrogens with zero attached hydrogens (tertiary/aromatic N) is 1. The summed E-state index contributed by atoms with van der Waals surface area (Å²) in [7, 11) is 1.52. The number of H-pyrrole nitrogens is 2. The highest BCUT2D eigenvalue weighted by atomic mass is 19.3. The third-order valence-corrected chi connectivity index (χ3v) is 5.85. The summed E-state index contributed by atoms with van der Waals surface area (Å²) in [6, 6.07) is 15.0. The van der Waals surface area contributed by atoms with Crippen molar-refractivity contribution >= 4 is 5.91 Å². The third-order valence-electron chi connectivity index (χ3n) is 5.85. The molecule has 2 aromatic heterocycles. The van der Waals surface area contributed by atoms with Crippen LogP contribution in [0.4, 0.5) is 13.2 Å². The van der Waals surface area contributed by atoms with E-state index in [1.165, 1.54) is 19.2 Å². The van der Waals surface area contributed by atoms with Gasteiger partial charge in [0.05, 0.1) is 12.3 Å². The van der Waals surface area contributed by atoms with Gasteiger partial charge in [0.25, 0.3) is 11.5 Å². The predicted molar refractivity (Wildman–Crippen MR) is 133 cm³/mol. The summed E-state index contributed by atoms with van der Waals surface area (Å²) in [5.41, 5.74) is 3.67. The highest BCUT2D eigenvalue weighted by Crippen LogP contribution is 2.23. The van der Waals surface area contributed by atoms with Crippen molar-refractivity contribution in [3.63, 3.8) is 0 Å². The van der Waals surface area contributed by atoms with Gasteiger partial charge in [-0.05, 0) is 23.3 Å². The first-order valence-corrected chi connectivity index (χ1v) is 11.7. The van der Waals surface area contributed by atoms with Gasteiger partial charge in [0.15, 0.2) is 17.3 Å². The summed E-state index contributed by atoms with van der Waals surface area (Å²) in [6.07, 6.45) is 2.42. The van der Waals surface area contributed by atoms with Crippen molar-refractivity contribution in [2.24, 2.45) is 0 Å². The van der Waals surface area contributed by atoms with Crippen molar-refractivity contribution in [3.8, 4) is 5.75 Å². The monoisotopic (exact) mass is 526 g/mol. The summed E-state index contributed by atoms with van der Waals surface area (Å²) in [4.78, 5) is 27.6. The Bertz CT molecular complexity index is 1450. The lowest BCUT2D eigenvalue weighted by atomic mass is 9.99. The number of methoxy groups -OCH3 is 1. The fourth-order valence-corrected chi connectivity index (χ4v) is 3.98. The summed E-state index contributed by atoms with van der Waals surface area (Å²) in [6.45, 7) is -3.24. The van der Waals surface area contributed by atoms with Crippen LogP contribution in [0.25, 0.3) is 0 Å². The topological polar surface area (TPSA) is 109 Å². The Morgan fingerprint density at radius 1 is 1.03 bits per heavy atom. The molecule has 0 saturated heterocycles. The van der Waals surface area contributed by atoms with Gasteiger partial charge < -0.3 is 19.8 Å². The Morgan fingerprint density at radius 3 is 2.42 bits per heavy atom. The molecule has 8 nitrogen and oxygen atoms in total. The van der Waals surface area contributed by atoms with E-state index in [1.807, 2.05) is 24.3 Å². The van der Waals surface area contributed by atoms with E-state index >= 15 is 0 Å². The first-order chi connectivity index (χ1) is 18.4. The van der Waals surface area contributed by atoms with Crippen molar-refractivity contribution in [1.29, 1.82) is 0 Å². The van der Waals surface area contributed by atoms with Gasteiger partial charge >= 0.3 is 6.61 Å². The maximum atomic E-state index is 14.5. The lowest BCUT2D eigenvalue weighted by Gasteiger charge is -2.11. The molecule has 0 atom stereocenters. The second kappa shape index (κ2) is 12.2. The van der Waals surface area contributed by atoms with Gasteiger partial charge in [-0.3, -0.25) is 14.7 Å². The number of amides is 1. The van der Waals surface area contributed by atoms with Crippen molar-refractivity contribution in [3.05, 3.63) is 116 Å². The minimum absolute atomic E-state index is 0.0152. The molecule has 198 valence electrons. The highest BCUT2D eigenvalue weighted by molar-refractivity contribution is 5.94. The number of aromatic amines is 2. The molecule has 0 fully saturated rings. The predicted octanol–water partition coefficient (Wildman–Crippen LogP) is 4.10. The van der Waals surface area contributed by atoms with E-state index in [1.54, 1.807) is 18.3 Å². The minimum atomic E-state index is -3.17. The van der Waals surface area contributed by atoms with Crippen LogP contribution in [0.1, 0.15) is 44.0 Å². The molecule has 0 spiro atoms. The Hall–Kier alpha value is -4.38. The van der Waals surface area contributed by atoms with E-state index in [-0.39, 0.29) is 30.0 Å². The van der Waals surface area contributed by atoms with E-state index in [2.05, 4.69) is 25.2 Å². The first kappa shape index (κ1) is 26.7. The Morgan fingerprint density at radius 2 is 1.74 bits per heavy atom. The number of ether oxygens (including phenoxy) is 2. The van der Waals surface area contributed by atoms with Crippen LogP contribution in [0.15, 0.2) is 65.6 Å². The van der Waals surface area contributed by atoms with Crippen molar-refractivity contribution in [1.82, 2.24) is 20.5 Å². The molecule has 0 saturated carbocycles. The number of benzene rings is 2. The van der Waals surface area contributed by atoms with E-state index in [4.69, 9.17) is 4.74 Å². The van der Waals surface area contributed by atoms with Crippen LogP contribution in [0.3, 0.4) is 0 Å². The second-order valence-electron chi connectivity index (χ2n) is 8.45. The van der Waals surface area contributed by atoms with Gasteiger partial charge in [0.1, 0.15) is 0 Å². The summed E-state index contributed by atoms with van der Waals surface area (Å²) >= 11 is 0. The lowest BCUT2D eigenvalue weighted by molar-refractivity contribution is -0.0522. The summed E-state index contributed by atoms with van der Waals surface area (Å²) < 4.78 is 48.9. The van der Waals surface area contributed by atoms with Crippen LogP contribution >= 0.6 is 0 Å². The smallest absolute Gasteiger partial charge is 0.387 e. The van der Waals surface area contributed by atoms with Crippen LogP contribution in [0.2, 0.25) is 0 Å². The Kier molecular flexibility index (Phi) is 8.59. The molecule has 0 aliphatic carbocycles. The van der Waals surface area contributed by atoms with Crippen LogP contribution in [-0.2, 0) is 30.7 Å². The standard InChI is InChI=1S/C27H25F3N4O4/c1-37-15-21-20(13-17-9-7-16(8-10-17)12-18-5-3-11-31-25(18)35)24(34-33-21)26(36)32-14-19-4-2-6-22(23(19)28)38-27(29)30/h2-11,27H,12-15H2,1H3,(H,31,35)(H,32,36)(H,33,34). The Balaban J connectivity index is 1.49. The molecule has 2 heterocycles. The van der Waals surface area contributed by atoms with Crippen LogP contribution in [0.5, 0.6) is 5.75 Å². The average Bonchev–Trinajstić information content (AvgIpc) is 3.29. The highest BCUT2D eigenvalue weighted by Gasteiger charge is 2.21. The maximum absolute atomic E-state index is 14.5. The van der Waals surface area contributed by atoms with Crippen molar-refractivity contribution in [2.75, 3.05) is 7.11 Å². The number of aromatic nitrogens is 3. The number of nitrogens with one attached hydrogen (secondary N) is 3. The zero-order valence-corrected chi connectivity index (χ0v) is 20.4. The molecule has 0 unspecified atom stereocenters. The molecular weight excluding hydrogens is 501 g/mol. The molecule has 2 aromatic carbocycles. The zero-order chi connectivity index (χ0) is 27.1. The van der Waals surface area contributed by atoms with Gasteiger partial charge in [-0.2, -0.15) is 13.9 Å². The van der Waals surface area contributed by atoms with E-state index in [0.717, 1.165) is 17.2 Å². The number of rotatable bonds is 11. The second-order valence-corrected chi connectivity index (χ2v) is 8.45. The van der Waals surface area contributed by atoms with E-state index in [0.29, 0.717) is 29.7 Å². The van der Waals surface area contributed by atoms with Crippen LogP contribution in [0, 0.1) is 5.82 Å². The molecule has 3 N–H and O–H groups in total. The minimum Gasteiger partial charge on any atom is -0.432 e. The van der Waals surface area contributed by atoms with E-state index < -0.39 is 24.1 Å². The number of hydrogen-bond donors (Lipinski definition) is 3. The van der Waals surface area contributed by atoms with Crippen molar-refractivity contribution < 1.29 is 27.4 Å². The van der Waals surface area contributed by atoms with Gasteiger partial charge in [0, 0.05) is 49.4 Å². The number of pyridine rings is 1. The molecule has 0 radical (unpaired) electrons. The maximum Gasteiger partial charge on any atom is 0.387 e. The third kappa shape index (κ3) is 6.48. The normalized spacial score (nSPS) is 11.1. The SMILES string of the molecule is COCc1[nH]nc(C(=O)NCc2cccc(OC(F)F)c2F)c1Cc1ccc(Cc2ccc[nH]c2=O)cc1. The summed E-state index contributed by atoms with van der Waals surface area (Å²) in [5.74, 6) is -2.15. The number of halogens is 3. The first-order valence-electron chi connectivity index (χ1n) is 11.7. The number of carbonyl (C=O) groups excluding carboxylic acids is 1. The quantitative estimate of drug-likeness (QED) is 0.273. The number of hydrogen-bond acceptors (Lipinski definition) is 5. The van der Waals surface area contributed by atoms with Gasteiger partial charge in [-0.25, -0.2) is 4.39 Å². The zero-order valence-electron chi connectivity index (χ0n) is 20.4. The van der Waals surface area contributed by atoms with Crippen molar-refractivity contribution in [2.45, 2.75) is 32.6 Å². The molecule has 0 bridgehead atoms. The largest absolute Gasteiger partial charge is 0.432 e. The number of alkyl halides is 2. The number of carbonyl (C=O) groups is 1. The molecule has 4 rings (SSSR count). The van der Waals surface area contributed by atoms with E-state index in [9.17, 15) is 22.8 Å². The molecule has 38 heavy (non-hydrogen) atoms. The Labute approximate surface area is 215 Å². The molecule has 0 aliphatic rings. The molecule has 4 aromatic rings. The van der Waals surface area contributed by atoms with Crippen LogP contribution < -0.4 is 15.6 Å². The molecule has 1 amide bonds. The van der Waals surface area contributed by atoms with Crippen LogP contribution in [-0.4, -0.2) is 34.8 Å². The molecule has 0 aliphatic heterocycles. The fraction of sp³-hybridized carbons (Fsp3) is 0.222.